The van der Waals surface area contributed by atoms with Gasteiger partial charge in [0, 0.05) is 18.7 Å². The lowest BCUT2D eigenvalue weighted by Crippen LogP contribution is -2.27. The molecule has 2 aromatic rings. The third-order valence-electron chi connectivity index (χ3n) is 3.41. The minimum atomic E-state index is -0.243. The quantitative estimate of drug-likeness (QED) is 0.879. The summed E-state index contributed by atoms with van der Waals surface area (Å²) in [5, 5.41) is 11.0. The minimum Gasteiger partial charge on any atom is -0.493 e. The van der Waals surface area contributed by atoms with Gasteiger partial charge in [0.25, 0.3) is 5.56 Å². The Morgan fingerprint density at radius 2 is 1.58 bits per heavy atom. The van der Waals surface area contributed by atoms with Crippen molar-refractivity contribution in [2.24, 2.45) is 0 Å². The van der Waals surface area contributed by atoms with Gasteiger partial charge in [-0.15, -0.1) is 0 Å². The van der Waals surface area contributed by atoms with Gasteiger partial charge in [-0.1, -0.05) is 29.3 Å². The number of hydrogen-bond donors (Lipinski definition) is 1. The number of benzene rings is 1. The van der Waals surface area contributed by atoms with E-state index in [9.17, 15) is 9.90 Å². The lowest BCUT2D eigenvalue weighted by molar-refractivity contribution is 0.305. The van der Waals surface area contributed by atoms with E-state index in [1.165, 1.54) is 0 Å². The van der Waals surface area contributed by atoms with Crippen molar-refractivity contribution in [2.45, 2.75) is 25.9 Å². The Balaban J connectivity index is 2.33. The Hall–Kier alpha value is -1.39. The lowest BCUT2D eigenvalue weighted by atomic mass is 10.1. The van der Waals surface area contributed by atoms with Gasteiger partial charge in [0.15, 0.2) is 0 Å². The van der Waals surface area contributed by atoms with Crippen LogP contribution in [0.4, 0.5) is 0 Å². The van der Waals surface area contributed by atoms with Crippen LogP contribution in [0.25, 0.3) is 11.1 Å². The molecule has 0 amide bonds. The molecular formula is C13H12Cl2N2O2. The molecule has 0 spiro atoms. The molecule has 0 atom stereocenters. The van der Waals surface area contributed by atoms with Crippen LogP contribution in [-0.4, -0.2) is 14.5 Å². The van der Waals surface area contributed by atoms with Gasteiger partial charge in [-0.3, -0.25) is 9.48 Å². The Kier molecular flexibility index (Phi) is 3.07. The highest BCUT2D eigenvalue weighted by Crippen LogP contribution is 2.38. The van der Waals surface area contributed by atoms with Gasteiger partial charge >= 0.3 is 0 Å². The molecule has 0 radical (unpaired) electrons. The van der Waals surface area contributed by atoms with E-state index in [1.54, 1.807) is 27.6 Å². The molecule has 1 N–H and O–H groups in total. The van der Waals surface area contributed by atoms with Crippen molar-refractivity contribution in [2.75, 3.05) is 0 Å². The van der Waals surface area contributed by atoms with Gasteiger partial charge in [0.05, 0.1) is 10.0 Å². The number of rotatable bonds is 1. The third kappa shape index (κ3) is 1.86. The van der Waals surface area contributed by atoms with E-state index in [1.807, 2.05) is 0 Å². The first kappa shape index (κ1) is 12.6. The Morgan fingerprint density at radius 3 is 2.16 bits per heavy atom. The van der Waals surface area contributed by atoms with Gasteiger partial charge in [-0.25, -0.2) is 4.68 Å². The van der Waals surface area contributed by atoms with Crippen LogP contribution in [0.1, 0.15) is 12.8 Å². The van der Waals surface area contributed by atoms with Gasteiger partial charge in [-0.2, -0.15) is 0 Å². The van der Waals surface area contributed by atoms with E-state index < -0.39 is 0 Å². The summed E-state index contributed by atoms with van der Waals surface area (Å²) in [6.07, 6.45) is 1.87. The zero-order valence-electron chi connectivity index (χ0n) is 10.1. The molecule has 3 rings (SSSR count). The highest BCUT2D eigenvalue weighted by atomic mass is 35.5. The first-order valence-electron chi connectivity index (χ1n) is 6.08. The summed E-state index contributed by atoms with van der Waals surface area (Å²) < 4.78 is 3.15. The zero-order chi connectivity index (χ0) is 13.6. The average molecular weight is 299 g/mol. The van der Waals surface area contributed by atoms with Crippen LogP contribution in [-0.2, 0) is 13.1 Å². The van der Waals surface area contributed by atoms with Gasteiger partial charge < -0.3 is 5.11 Å². The number of aromatic nitrogens is 2. The summed E-state index contributed by atoms with van der Waals surface area (Å²) in [6, 6.07) is 5.02. The smallest absolute Gasteiger partial charge is 0.278 e. The highest BCUT2D eigenvalue weighted by molar-refractivity contribution is 6.39. The van der Waals surface area contributed by atoms with Crippen LogP contribution in [0.15, 0.2) is 23.0 Å². The second-order valence-electron chi connectivity index (χ2n) is 4.55. The molecule has 0 aliphatic carbocycles. The number of aromatic hydroxyl groups is 1. The second-order valence-corrected chi connectivity index (χ2v) is 5.37. The van der Waals surface area contributed by atoms with Crippen LogP contribution in [0.5, 0.6) is 5.88 Å². The van der Waals surface area contributed by atoms with E-state index in [2.05, 4.69) is 0 Å². The summed E-state index contributed by atoms with van der Waals surface area (Å²) in [5.41, 5.74) is 0.354. The summed E-state index contributed by atoms with van der Waals surface area (Å²) in [7, 11) is 0. The van der Waals surface area contributed by atoms with Gasteiger partial charge in [0.1, 0.15) is 5.56 Å². The van der Waals surface area contributed by atoms with Crippen molar-refractivity contribution in [1.29, 1.82) is 0 Å². The molecule has 0 unspecified atom stereocenters. The SMILES string of the molecule is O=c1c(-c2c(Cl)cccc2Cl)c(O)n2n1CCCC2. The maximum absolute atomic E-state index is 12.4. The van der Waals surface area contributed by atoms with Crippen LogP contribution in [0.2, 0.25) is 10.0 Å². The van der Waals surface area contributed by atoms with Crippen molar-refractivity contribution >= 4 is 23.2 Å². The number of halogens is 2. The third-order valence-corrected chi connectivity index (χ3v) is 4.04. The Morgan fingerprint density at radius 1 is 1.00 bits per heavy atom. The molecule has 100 valence electrons. The summed E-state index contributed by atoms with van der Waals surface area (Å²) in [4.78, 5) is 12.4. The Bertz CT molecular complexity index is 683. The standard InChI is InChI=1S/C13H12Cl2N2O2/c14-8-4-3-5-9(15)10(8)11-12(18)16-6-1-2-7-17(16)13(11)19/h3-5,18H,1-2,6-7H2. The molecule has 1 aliphatic heterocycles. The first-order chi connectivity index (χ1) is 9.11. The zero-order valence-corrected chi connectivity index (χ0v) is 11.6. The first-order valence-corrected chi connectivity index (χ1v) is 6.84. The van der Waals surface area contributed by atoms with Crippen molar-refractivity contribution in [3.63, 3.8) is 0 Å². The average Bonchev–Trinajstić information content (AvgIpc) is 2.64. The van der Waals surface area contributed by atoms with Crippen LogP contribution in [0, 0.1) is 0 Å². The molecule has 0 fully saturated rings. The lowest BCUT2D eigenvalue weighted by Gasteiger charge is -2.16. The molecule has 4 nitrogen and oxygen atoms in total. The maximum Gasteiger partial charge on any atom is 0.278 e. The van der Waals surface area contributed by atoms with E-state index in [0.29, 0.717) is 28.7 Å². The molecule has 1 aromatic heterocycles. The van der Waals surface area contributed by atoms with Crippen LogP contribution in [0.3, 0.4) is 0 Å². The molecule has 6 heteroatoms. The normalized spacial score (nSPS) is 14.4. The molecule has 0 saturated heterocycles. The second kappa shape index (κ2) is 4.62. The van der Waals surface area contributed by atoms with Crippen LogP contribution >= 0.6 is 23.2 Å². The fourth-order valence-electron chi connectivity index (χ4n) is 2.51. The topological polar surface area (TPSA) is 47.2 Å². The fraction of sp³-hybridized carbons (Fsp3) is 0.308. The monoisotopic (exact) mass is 298 g/mol. The maximum atomic E-state index is 12.4. The van der Waals surface area contributed by atoms with E-state index in [4.69, 9.17) is 23.2 Å². The number of hydrogen-bond acceptors (Lipinski definition) is 2. The summed E-state index contributed by atoms with van der Waals surface area (Å²) in [6.45, 7) is 1.23. The molecule has 2 heterocycles. The predicted molar refractivity (Wildman–Crippen MR) is 75.0 cm³/mol. The Labute approximate surface area is 119 Å². The number of fused-ring (bicyclic) bond motifs is 1. The molecule has 1 aromatic carbocycles. The van der Waals surface area contributed by atoms with Crippen LogP contribution < -0.4 is 5.56 Å². The largest absolute Gasteiger partial charge is 0.493 e. The molecule has 0 bridgehead atoms. The molecule has 0 saturated carbocycles. The van der Waals surface area contributed by atoms with Crippen molar-refractivity contribution in [1.82, 2.24) is 9.36 Å². The minimum absolute atomic E-state index is 0.0558. The summed E-state index contributed by atoms with van der Waals surface area (Å²) in [5.74, 6) is -0.0558. The van der Waals surface area contributed by atoms with Crippen molar-refractivity contribution in [3.8, 4) is 17.0 Å². The summed E-state index contributed by atoms with van der Waals surface area (Å²) >= 11 is 12.2. The van der Waals surface area contributed by atoms with Gasteiger partial charge in [0.2, 0.25) is 5.88 Å². The highest BCUT2D eigenvalue weighted by Gasteiger charge is 2.25. The number of nitrogens with zero attached hydrogens (tertiary/aromatic N) is 2. The molecule has 1 aliphatic rings. The van der Waals surface area contributed by atoms with Gasteiger partial charge in [-0.05, 0) is 25.0 Å². The predicted octanol–water partition coefficient (Wildman–Crippen LogP) is 3.12. The van der Waals surface area contributed by atoms with E-state index in [-0.39, 0.29) is 17.0 Å². The molecule has 19 heavy (non-hydrogen) atoms. The van der Waals surface area contributed by atoms with Crippen molar-refractivity contribution < 1.29 is 5.11 Å². The fourth-order valence-corrected chi connectivity index (χ4v) is 3.09. The van der Waals surface area contributed by atoms with E-state index >= 15 is 0 Å². The van der Waals surface area contributed by atoms with Crippen molar-refractivity contribution in [3.05, 3.63) is 38.6 Å². The van der Waals surface area contributed by atoms with E-state index in [0.717, 1.165) is 12.8 Å². The molecular weight excluding hydrogens is 287 g/mol.